The van der Waals surface area contributed by atoms with Gasteiger partial charge in [-0.2, -0.15) is 0 Å². The van der Waals surface area contributed by atoms with Crippen molar-refractivity contribution in [2.45, 2.75) is 40.5 Å². The maximum atomic E-state index is 7.65. The lowest BCUT2D eigenvalue weighted by molar-refractivity contribution is 0.0325. The smallest absolute Gasteiger partial charge is 0.143 e. The van der Waals surface area contributed by atoms with Gasteiger partial charge in [-0.05, 0) is 18.9 Å². The van der Waals surface area contributed by atoms with Gasteiger partial charge in [-0.15, -0.1) is 0 Å². The molecule has 0 unspecified atom stereocenters. The highest BCUT2D eigenvalue weighted by Gasteiger charge is 1.88. The van der Waals surface area contributed by atoms with Crippen LogP contribution in [0, 0.1) is 6.92 Å². The van der Waals surface area contributed by atoms with E-state index >= 15 is 0 Å². The molecule has 0 fully saturated rings. The number of hydrogen-bond acceptors (Lipinski definition) is 2. The minimum Gasteiger partial charge on any atom is -0.371 e. The van der Waals surface area contributed by atoms with Crippen molar-refractivity contribution in [2.24, 2.45) is 0 Å². The first kappa shape index (κ1) is 17.5. The lowest BCUT2D eigenvalue weighted by Gasteiger charge is -1.97. The SMILES string of the molecule is CC.CCCc1cccc(C)c1.COCO. The van der Waals surface area contributed by atoms with Gasteiger partial charge in [0.15, 0.2) is 0 Å². The van der Waals surface area contributed by atoms with Gasteiger partial charge < -0.3 is 9.84 Å². The predicted octanol–water partition coefficient (Wildman–Crippen LogP) is 3.56. The van der Waals surface area contributed by atoms with Crippen molar-refractivity contribution in [3.05, 3.63) is 35.4 Å². The quantitative estimate of drug-likeness (QED) is 0.799. The summed E-state index contributed by atoms with van der Waals surface area (Å²) >= 11 is 0. The van der Waals surface area contributed by atoms with Crippen LogP contribution in [0.5, 0.6) is 0 Å². The molecule has 0 aliphatic carbocycles. The Morgan fingerprint density at radius 3 is 2.19 bits per heavy atom. The summed E-state index contributed by atoms with van der Waals surface area (Å²) in [6.07, 6.45) is 2.45. The Labute approximate surface area is 100 Å². The Morgan fingerprint density at radius 1 is 1.25 bits per heavy atom. The summed E-state index contributed by atoms with van der Waals surface area (Å²) in [7, 11) is 1.43. The van der Waals surface area contributed by atoms with Crippen LogP contribution in [0.1, 0.15) is 38.3 Å². The first-order chi connectivity index (χ1) is 7.74. The number of aliphatic hydroxyl groups is 1. The molecule has 1 N–H and O–H groups in total. The maximum Gasteiger partial charge on any atom is 0.143 e. The molecular formula is C14H26O2. The molecule has 0 heterocycles. The van der Waals surface area contributed by atoms with Crippen LogP contribution in [-0.2, 0) is 11.2 Å². The molecule has 0 aromatic heterocycles. The van der Waals surface area contributed by atoms with Gasteiger partial charge in [-0.1, -0.05) is 57.0 Å². The summed E-state index contributed by atoms with van der Waals surface area (Å²) in [6.45, 7) is 8.17. The highest BCUT2D eigenvalue weighted by Crippen LogP contribution is 2.05. The van der Waals surface area contributed by atoms with Crippen molar-refractivity contribution in [3.63, 3.8) is 0 Å². The van der Waals surface area contributed by atoms with Crippen molar-refractivity contribution in [1.82, 2.24) is 0 Å². The number of hydrogen-bond donors (Lipinski definition) is 1. The van der Waals surface area contributed by atoms with Crippen molar-refractivity contribution in [2.75, 3.05) is 13.9 Å². The second kappa shape index (κ2) is 14.1. The molecule has 0 atom stereocenters. The lowest BCUT2D eigenvalue weighted by atomic mass is 10.1. The summed E-state index contributed by atoms with van der Waals surface area (Å²) in [6, 6.07) is 8.71. The molecule has 2 nitrogen and oxygen atoms in total. The minimum absolute atomic E-state index is 0.181. The molecule has 0 bridgehead atoms. The van der Waals surface area contributed by atoms with Crippen LogP contribution < -0.4 is 0 Å². The third-order valence-corrected chi connectivity index (χ3v) is 1.75. The zero-order chi connectivity index (χ0) is 12.8. The van der Waals surface area contributed by atoms with E-state index in [0.29, 0.717) is 0 Å². The fraction of sp³-hybridized carbons (Fsp3) is 0.571. The third-order valence-electron chi connectivity index (χ3n) is 1.75. The molecule has 0 aliphatic rings. The van der Waals surface area contributed by atoms with Crippen LogP contribution in [0.2, 0.25) is 0 Å². The van der Waals surface area contributed by atoms with E-state index in [1.807, 2.05) is 13.8 Å². The average molecular weight is 226 g/mol. The molecule has 0 saturated heterocycles. The van der Waals surface area contributed by atoms with Crippen LogP contribution in [0.25, 0.3) is 0 Å². The molecule has 0 spiro atoms. The summed E-state index contributed by atoms with van der Waals surface area (Å²) < 4.78 is 4.10. The number of methoxy groups -OCH3 is 1. The monoisotopic (exact) mass is 226 g/mol. The first-order valence-electron chi connectivity index (χ1n) is 5.90. The highest BCUT2D eigenvalue weighted by molar-refractivity contribution is 5.21. The van der Waals surface area contributed by atoms with E-state index in [1.165, 1.54) is 31.1 Å². The Kier molecular flexibility index (Phi) is 15.5. The van der Waals surface area contributed by atoms with E-state index in [0.717, 1.165) is 0 Å². The largest absolute Gasteiger partial charge is 0.371 e. The molecule has 16 heavy (non-hydrogen) atoms. The zero-order valence-corrected chi connectivity index (χ0v) is 11.3. The molecular weight excluding hydrogens is 200 g/mol. The van der Waals surface area contributed by atoms with E-state index in [-0.39, 0.29) is 6.79 Å². The fourth-order valence-corrected chi connectivity index (χ4v) is 1.16. The maximum absolute atomic E-state index is 7.65. The number of ether oxygens (including phenoxy) is 1. The number of aryl methyl sites for hydroxylation is 2. The molecule has 0 aliphatic heterocycles. The van der Waals surface area contributed by atoms with E-state index < -0.39 is 0 Å². The van der Waals surface area contributed by atoms with E-state index in [2.05, 4.69) is 42.8 Å². The second-order valence-corrected chi connectivity index (χ2v) is 3.16. The summed E-state index contributed by atoms with van der Waals surface area (Å²) in [5.41, 5.74) is 2.83. The van der Waals surface area contributed by atoms with E-state index in [9.17, 15) is 0 Å². The van der Waals surface area contributed by atoms with Gasteiger partial charge in [0.25, 0.3) is 0 Å². The van der Waals surface area contributed by atoms with Gasteiger partial charge in [0, 0.05) is 7.11 Å². The van der Waals surface area contributed by atoms with Gasteiger partial charge in [-0.25, -0.2) is 0 Å². The Hall–Kier alpha value is -0.860. The molecule has 1 aromatic carbocycles. The Balaban J connectivity index is 0. The molecule has 0 saturated carbocycles. The number of aliphatic hydroxyl groups excluding tert-OH is 1. The standard InChI is InChI=1S/C10H14.C2H6O2.C2H6/c1-3-5-10-7-4-6-9(2)8-10;1-4-2-3;1-2/h4,6-8H,3,5H2,1-2H3;3H,2H2,1H3;1-2H3. The molecule has 1 aromatic rings. The lowest BCUT2D eigenvalue weighted by Crippen LogP contribution is -1.82. The van der Waals surface area contributed by atoms with Crippen molar-refractivity contribution in [1.29, 1.82) is 0 Å². The van der Waals surface area contributed by atoms with Gasteiger partial charge >= 0.3 is 0 Å². The summed E-state index contributed by atoms with van der Waals surface area (Å²) in [5, 5.41) is 7.65. The van der Waals surface area contributed by atoms with E-state index in [1.54, 1.807) is 0 Å². The highest BCUT2D eigenvalue weighted by atomic mass is 16.6. The first-order valence-corrected chi connectivity index (χ1v) is 5.90. The molecule has 1 rings (SSSR count). The van der Waals surface area contributed by atoms with Crippen LogP contribution >= 0.6 is 0 Å². The van der Waals surface area contributed by atoms with Crippen molar-refractivity contribution in [3.8, 4) is 0 Å². The Bertz CT molecular complexity index is 232. The van der Waals surface area contributed by atoms with Crippen molar-refractivity contribution >= 4 is 0 Å². The van der Waals surface area contributed by atoms with Crippen LogP contribution in [-0.4, -0.2) is 19.0 Å². The third kappa shape index (κ3) is 11.2. The summed E-state index contributed by atoms with van der Waals surface area (Å²) in [4.78, 5) is 0. The fourth-order valence-electron chi connectivity index (χ4n) is 1.16. The molecule has 0 radical (unpaired) electrons. The van der Waals surface area contributed by atoms with Crippen LogP contribution in [0.15, 0.2) is 24.3 Å². The molecule has 0 amide bonds. The van der Waals surface area contributed by atoms with Crippen LogP contribution in [0.3, 0.4) is 0 Å². The molecule has 2 heteroatoms. The Morgan fingerprint density at radius 2 is 1.81 bits per heavy atom. The number of benzene rings is 1. The normalized spacial score (nSPS) is 8.38. The minimum atomic E-state index is -0.181. The predicted molar refractivity (Wildman–Crippen MR) is 70.6 cm³/mol. The van der Waals surface area contributed by atoms with Crippen LogP contribution in [0.4, 0.5) is 0 Å². The topological polar surface area (TPSA) is 29.5 Å². The summed E-state index contributed by atoms with van der Waals surface area (Å²) in [5.74, 6) is 0. The average Bonchev–Trinajstić information content (AvgIpc) is 2.33. The van der Waals surface area contributed by atoms with Gasteiger partial charge in [0.1, 0.15) is 6.79 Å². The zero-order valence-electron chi connectivity index (χ0n) is 11.3. The van der Waals surface area contributed by atoms with E-state index in [4.69, 9.17) is 5.11 Å². The second-order valence-electron chi connectivity index (χ2n) is 3.16. The van der Waals surface area contributed by atoms with Gasteiger partial charge in [-0.3, -0.25) is 0 Å². The molecule has 94 valence electrons. The number of rotatable bonds is 3. The van der Waals surface area contributed by atoms with Gasteiger partial charge in [0.2, 0.25) is 0 Å². The van der Waals surface area contributed by atoms with Crippen molar-refractivity contribution < 1.29 is 9.84 Å². The van der Waals surface area contributed by atoms with Gasteiger partial charge in [0.05, 0.1) is 0 Å².